The summed E-state index contributed by atoms with van der Waals surface area (Å²) in [5, 5.41) is 0. The van der Waals surface area contributed by atoms with Gasteiger partial charge in [-0.15, -0.1) is 0 Å². The lowest BCUT2D eigenvalue weighted by Gasteiger charge is -2.25. The van der Waals surface area contributed by atoms with E-state index in [1.165, 1.54) is 51.4 Å². The monoisotopic (exact) mass is 168 g/mol. The standard InChI is InChI=1S/C12H24/c1-3-11(4-2)10-12-8-6-5-7-9-12/h11-12H,3-10H2,1-2H3. The Balaban J connectivity index is 2.18. The third kappa shape index (κ3) is 3.16. The van der Waals surface area contributed by atoms with E-state index in [1.807, 2.05) is 0 Å². The van der Waals surface area contributed by atoms with Gasteiger partial charge in [0.1, 0.15) is 0 Å². The quantitative estimate of drug-likeness (QED) is 0.584. The maximum absolute atomic E-state index is 2.34. The minimum atomic E-state index is 1.02. The second-order valence-corrected chi connectivity index (χ2v) is 4.42. The van der Waals surface area contributed by atoms with Crippen LogP contribution < -0.4 is 0 Å². The van der Waals surface area contributed by atoms with E-state index in [-0.39, 0.29) is 0 Å². The fraction of sp³-hybridized carbons (Fsp3) is 1.00. The first-order valence-corrected chi connectivity index (χ1v) is 5.86. The normalized spacial score (nSPS) is 20.2. The first kappa shape index (κ1) is 10.1. The molecule has 1 aliphatic carbocycles. The Morgan fingerprint density at radius 2 is 1.58 bits per heavy atom. The van der Waals surface area contributed by atoms with Crippen LogP contribution in [0.2, 0.25) is 0 Å². The van der Waals surface area contributed by atoms with Crippen molar-refractivity contribution in [1.82, 2.24) is 0 Å². The summed E-state index contributed by atoms with van der Waals surface area (Å²) in [4.78, 5) is 0. The van der Waals surface area contributed by atoms with Gasteiger partial charge in [0.2, 0.25) is 0 Å². The number of rotatable bonds is 4. The molecule has 0 aromatic rings. The largest absolute Gasteiger partial charge is 0.0651 e. The van der Waals surface area contributed by atoms with Crippen LogP contribution in [-0.2, 0) is 0 Å². The van der Waals surface area contributed by atoms with Gasteiger partial charge in [-0.2, -0.15) is 0 Å². The van der Waals surface area contributed by atoms with Crippen molar-refractivity contribution in [2.24, 2.45) is 11.8 Å². The van der Waals surface area contributed by atoms with Crippen LogP contribution in [0.4, 0.5) is 0 Å². The fourth-order valence-corrected chi connectivity index (χ4v) is 2.52. The molecule has 0 heteroatoms. The Labute approximate surface area is 77.7 Å². The molecule has 72 valence electrons. The molecule has 0 bridgehead atoms. The van der Waals surface area contributed by atoms with E-state index in [9.17, 15) is 0 Å². The first-order chi connectivity index (χ1) is 5.86. The van der Waals surface area contributed by atoms with Crippen molar-refractivity contribution >= 4 is 0 Å². The molecule has 0 radical (unpaired) electrons. The van der Waals surface area contributed by atoms with Gasteiger partial charge in [-0.25, -0.2) is 0 Å². The molecule has 0 aromatic carbocycles. The smallest absolute Gasteiger partial charge is 0.0412 e. The first-order valence-electron chi connectivity index (χ1n) is 5.86. The topological polar surface area (TPSA) is 0 Å². The van der Waals surface area contributed by atoms with Gasteiger partial charge in [-0.05, 0) is 18.3 Å². The predicted molar refractivity (Wildman–Crippen MR) is 55.3 cm³/mol. The summed E-state index contributed by atoms with van der Waals surface area (Å²) in [6.07, 6.45) is 11.9. The van der Waals surface area contributed by atoms with E-state index in [4.69, 9.17) is 0 Å². The van der Waals surface area contributed by atoms with Crippen molar-refractivity contribution < 1.29 is 0 Å². The number of hydrogen-bond donors (Lipinski definition) is 0. The summed E-state index contributed by atoms with van der Waals surface area (Å²) in [5.41, 5.74) is 0. The van der Waals surface area contributed by atoms with Gasteiger partial charge in [0.05, 0.1) is 0 Å². The molecule has 0 unspecified atom stereocenters. The molecule has 0 aliphatic heterocycles. The van der Waals surface area contributed by atoms with E-state index in [0.717, 1.165) is 11.8 Å². The SMILES string of the molecule is CCC(CC)CC1CCCCC1. The molecule has 1 fully saturated rings. The molecular weight excluding hydrogens is 144 g/mol. The summed E-state index contributed by atoms with van der Waals surface area (Å²) in [6, 6.07) is 0. The van der Waals surface area contributed by atoms with Gasteiger partial charge < -0.3 is 0 Å². The molecule has 0 nitrogen and oxygen atoms in total. The van der Waals surface area contributed by atoms with Gasteiger partial charge >= 0.3 is 0 Å². The second kappa shape index (κ2) is 5.61. The molecular formula is C12H24. The highest BCUT2D eigenvalue weighted by molar-refractivity contribution is 4.69. The molecule has 0 N–H and O–H groups in total. The van der Waals surface area contributed by atoms with Gasteiger partial charge in [0, 0.05) is 0 Å². The van der Waals surface area contributed by atoms with Crippen LogP contribution in [0.1, 0.15) is 65.2 Å². The van der Waals surface area contributed by atoms with E-state index < -0.39 is 0 Å². The molecule has 0 atom stereocenters. The van der Waals surface area contributed by atoms with Crippen LogP contribution in [0.3, 0.4) is 0 Å². The number of hydrogen-bond acceptors (Lipinski definition) is 0. The zero-order chi connectivity index (χ0) is 8.81. The van der Waals surface area contributed by atoms with Crippen molar-refractivity contribution in [3.8, 4) is 0 Å². The van der Waals surface area contributed by atoms with Crippen molar-refractivity contribution in [1.29, 1.82) is 0 Å². The van der Waals surface area contributed by atoms with Gasteiger partial charge in [0.15, 0.2) is 0 Å². The zero-order valence-corrected chi connectivity index (χ0v) is 8.81. The van der Waals surface area contributed by atoms with E-state index in [2.05, 4.69) is 13.8 Å². The molecule has 0 heterocycles. The van der Waals surface area contributed by atoms with Crippen LogP contribution >= 0.6 is 0 Å². The third-order valence-electron chi connectivity index (χ3n) is 3.55. The summed E-state index contributed by atoms with van der Waals surface area (Å²) in [6.45, 7) is 4.69. The predicted octanol–water partition coefficient (Wildman–Crippen LogP) is 4.39. The molecule has 1 rings (SSSR count). The third-order valence-corrected chi connectivity index (χ3v) is 3.55. The Kier molecular flexibility index (Phi) is 4.72. The summed E-state index contributed by atoms with van der Waals surface area (Å²) in [7, 11) is 0. The minimum absolute atomic E-state index is 1.02. The highest BCUT2D eigenvalue weighted by Crippen LogP contribution is 2.30. The highest BCUT2D eigenvalue weighted by Gasteiger charge is 2.16. The lowest BCUT2D eigenvalue weighted by molar-refractivity contribution is 0.279. The average molecular weight is 168 g/mol. The highest BCUT2D eigenvalue weighted by atomic mass is 14.2. The molecule has 0 saturated heterocycles. The maximum Gasteiger partial charge on any atom is -0.0412 e. The van der Waals surface area contributed by atoms with Crippen molar-refractivity contribution in [3.05, 3.63) is 0 Å². The Bertz CT molecular complexity index is 96.6. The molecule has 1 aliphatic rings. The van der Waals surface area contributed by atoms with Crippen molar-refractivity contribution in [2.75, 3.05) is 0 Å². The molecule has 0 amide bonds. The fourth-order valence-electron chi connectivity index (χ4n) is 2.52. The van der Waals surface area contributed by atoms with Crippen LogP contribution in [-0.4, -0.2) is 0 Å². The van der Waals surface area contributed by atoms with Gasteiger partial charge in [0.25, 0.3) is 0 Å². The molecule has 0 spiro atoms. The Morgan fingerprint density at radius 3 is 2.08 bits per heavy atom. The lowest BCUT2D eigenvalue weighted by Crippen LogP contribution is -2.11. The van der Waals surface area contributed by atoms with Crippen molar-refractivity contribution in [3.63, 3.8) is 0 Å². The van der Waals surface area contributed by atoms with E-state index >= 15 is 0 Å². The summed E-state index contributed by atoms with van der Waals surface area (Å²) in [5.74, 6) is 2.11. The average Bonchev–Trinajstić information content (AvgIpc) is 2.16. The van der Waals surface area contributed by atoms with Crippen LogP contribution in [0.15, 0.2) is 0 Å². The van der Waals surface area contributed by atoms with Crippen LogP contribution in [0, 0.1) is 11.8 Å². The zero-order valence-electron chi connectivity index (χ0n) is 8.81. The summed E-state index contributed by atoms with van der Waals surface area (Å²) < 4.78 is 0. The molecule has 0 aromatic heterocycles. The van der Waals surface area contributed by atoms with Crippen LogP contribution in [0.25, 0.3) is 0 Å². The molecule has 12 heavy (non-hydrogen) atoms. The van der Waals surface area contributed by atoms with E-state index in [1.54, 1.807) is 0 Å². The van der Waals surface area contributed by atoms with Crippen molar-refractivity contribution in [2.45, 2.75) is 65.2 Å². The lowest BCUT2D eigenvalue weighted by atomic mass is 9.81. The Hall–Kier alpha value is 0. The Morgan fingerprint density at radius 1 is 1.00 bits per heavy atom. The van der Waals surface area contributed by atoms with E-state index in [0.29, 0.717) is 0 Å². The van der Waals surface area contributed by atoms with Gasteiger partial charge in [-0.3, -0.25) is 0 Å². The molecule has 1 saturated carbocycles. The maximum atomic E-state index is 2.34. The minimum Gasteiger partial charge on any atom is -0.0651 e. The van der Waals surface area contributed by atoms with Crippen LogP contribution in [0.5, 0.6) is 0 Å². The van der Waals surface area contributed by atoms with Gasteiger partial charge in [-0.1, -0.05) is 58.8 Å². The summed E-state index contributed by atoms with van der Waals surface area (Å²) >= 11 is 0. The second-order valence-electron chi connectivity index (χ2n) is 4.42.